The SMILES string of the molecule is CN(Cc1ccco1)c1cnc(C(=O)O)cn1. The van der Waals surface area contributed by atoms with Gasteiger partial charge in [0.25, 0.3) is 0 Å². The summed E-state index contributed by atoms with van der Waals surface area (Å²) >= 11 is 0. The van der Waals surface area contributed by atoms with Crippen molar-refractivity contribution >= 4 is 11.8 Å². The lowest BCUT2D eigenvalue weighted by Crippen LogP contribution is -2.18. The summed E-state index contributed by atoms with van der Waals surface area (Å²) in [5.74, 6) is 0.306. The van der Waals surface area contributed by atoms with E-state index >= 15 is 0 Å². The van der Waals surface area contributed by atoms with Gasteiger partial charge in [0.2, 0.25) is 0 Å². The number of hydrogen-bond acceptors (Lipinski definition) is 5. The summed E-state index contributed by atoms with van der Waals surface area (Å²) in [5, 5.41) is 8.69. The first-order valence-electron chi connectivity index (χ1n) is 4.95. The van der Waals surface area contributed by atoms with Crippen molar-refractivity contribution in [1.82, 2.24) is 9.97 Å². The van der Waals surface area contributed by atoms with Crippen LogP contribution in [0.3, 0.4) is 0 Å². The quantitative estimate of drug-likeness (QED) is 0.859. The first-order chi connectivity index (χ1) is 8.16. The van der Waals surface area contributed by atoms with Crippen LogP contribution in [0.4, 0.5) is 5.82 Å². The highest BCUT2D eigenvalue weighted by atomic mass is 16.4. The minimum Gasteiger partial charge on any atom is -0.476 e. The molecule has 88 valence electrons. The highest BCUT2D eigenvalue weighted by Gasteiger charge is 2.08. The van der Waals surface area contributed by atoms with Gasteiger partial charge in [0, 0.05) is 7.05 Å². The Kier molecular flexibility index (Phi) is 3.04. The van der Waals surface area contributed by atoms with Crippen LogP contribution in [-0.4, -0.2) is 28.1 Å². The van der Waals surface area contributed by atoms with E-state index in [1.807, 2.05) is 24.1 Å². The number of furan rings is 1. The molecule has 0 saturated carbocycles. The Bertz CT molecular complexity index is 493. The van der Waals surface area contributed by atoms with E-state index in [1.54, 1.807) is 6.26 Å². The summed E-state index contributed by atoms with van der Waals surface area (Å²) < 4.78 is 5.20. The maximum absolute atomic E-state index is 10.6. The zero-order valence-corrected chi connectivity index (χ0v) is 9.20. The molecule has 2 aromatic heterocycles. The number of anilines is 1. The summed E-state index contributed by atoms with van der Waals surface area (Å²) in [7, 11) is 1.83. The fourth-order valence-corrected chi connectivity index (χ4v) is 1.35. The Balaban J connectivity index is 2.09. The predicted molar refractivity (Wildman–Crippen MR) is 59.8 cm³/mol. The molecule has 0 aliphatic rings. The van der Waals surface area contributed by atoms with Crippen LogP contribution < -0.4 is 4.90 Å². The second kappa shape index (κ2) is 4.65. The Hall–Kier alpha value is -2.37. The molecule has 0 amide bonds. The summed E-state index contributed by atoms with van der Waals surface area (Å²) in [5.41, 5.74) is -0.0693. The molecule has 0 unspecified atom stereocenters. The van der Waals surface area contributed by atoms with E-state index in [2.05, 4.69) is 9.97 Å². The van der Waals surface area contributed by atoms with Crippen molar-refractivity contribution < 1.29 is 14.3 Å². The first kappa shape index (κ1) is 11.1. The fraction of sp³-hybridized carbons (Fsp3) is 0.182. The normalized spacial score (nSPS) is 10.2. The molecule has 0 bridgehead atoms. The molecule has 0 spiro atoms. The number of aromatic nitrogens is 2. The number of carboxylic acids is 1. The molecule has 2 heterocycles. The van der Waals surface area contributed by atoms with Crippen molar-refractivity contribution in [3.05, 3.63) is 42.2 Å². The van der Waals surface area contributed by atoms with E-state index < -0.39 is 5.97 Å². The molecule has 6 nitrogen and oxygen atoms in total. The highest BCUT2D eigenvalue weighted by Crippen LogP contribution is 2.11. The topological polar surface area (TPSA) is 79.5 Å². The third kappa shape index (κ3) is 2.60. The smallest absolute Gasteiger partial charge is 0.356 e. The number of nitrogens with zero attached hydrogens (tertiary/aromatic N) is 3. The van der Waals surface area contributed by atoms with Crippen LogP contribution in [0.1, 0.15) is 16.2 Å². The molecule has 1 N–H and O–H groups in total. The molecule has 17 heavy (non-hydrogen) atoms. The molecule has 0 saturated heterocycles. The molecule has 0 fully saturated rings. The Morgan fingerprint density at radius 2 is 2.29 bits per heavy atom. The van der Waals surface area contributed by atoms with E-state index in [0.29, 0.717) is 12.4 Å². The van der Waals surface area contributed by atoms with Gasteiger partial charge in [0.1, 0.15) is 11.6 Å². The summed E-state index contributed by atoms with van der Waals surface area (Å²) in [6.45, 7) is 0.550. The van der Waals surface area contributed by atoms with E-state index in [1.165, 1.54) is 12.4 Å². The van der Waals surface area contributed by atoms with Crippen molar-refractivity contribution in [2.75, 3.05) is 11.9 Å². The summed E-state index contributed by atoms with van der Waals surface area (Å²) in [6.07, 6.45) is 4.26. The largest absolute Gasteiger partial charge is 0.476 e. The lowest BCUT2D eigenvalue weighted by atomic mass is 10.4. The third-order valence-corrected chi connectivity index (χ3v) is 2.22. The van der Waals surface area contributed by atoms with Crippen LogP contribution in [0.25, 0.3) is 0 Å². The van der Waals surface area contributed by atoms with Crippen LogP contribution in [-0.2, 0) is 6.54 Å². The number of rotatable bonds is 4. The van der Waals surface area contributed by atoms with Crippen LogP contribution in [0.5, 0.6) is 0 Å². The maximum atomic E-state index is 10.6. The fourth-order valence-electron chi connectivity index (χ4n) is 1.35. The van der Waals surface area contributed by atoms with Gasteiger partial charge < -0.3 is 14.4 Å². The average Bonchev–Trinajstić information content (AvgIpc) is 2.82. The van der Waals surface area contributed by atoms with Gasteiger partial charge in [0.05, 0.1) is 25.2 Å². The average molecular weight is 233 g/mol. The van der Waals surface area contributed by atoms with Crippen LogP contribution in [0.15, 0.2) is 35.2 Å². The summed E-state index contributed by atoms with van der Waals surface area (Å²) in [4.78, 5) is 20.2. The molecular formula is C11H11N3O3. The van der Waals surface area contributed by atoms with Gasteiger partial charge in [0.15, 0.2) is 5.69 Å². The molecule has 6 heteroatoms. The van der Waals surface area contributed by atoms with E-state index in [4.69, 9.17) is 9.52 Å². The zero-order valence-electron chi connectivity index (χ0n) is 9.20. The third-order valence-electron chi connectivity index (χ3n) is 2.22. The number of carbonyl (C=O) groups is 1. The molecule has 0 aromatic carbocycles. The second-order valence-corrected chi connectivity index (χ2v) is 3.50. The van der Waals surface area contributed by atoms with Crippen molar-refractivity contribution in [2.45, 2.75) is 6.54 Å². The Morgan fingerprint density at radius 1 is 1.47 bits per heavy atom. The summed E-state index contributed by atoms with van der Waals surface area (Å²) in [6, 6.07) is 3.66. The molecule has 0 radical (unpaired) electrons. The van der Waals surface area contributed by atoms with E-state index in [-0.39, 0.29) is 5.69 Å². The molecule has 2 rings (SSSR count). The Labute approximate surface area is 97.5 Å². The van der Waals surface area contributed by atoms with Gasteiger partial charge in [-0.2, -0.15) is 0 Å². The Morgan fingerprint density at radius 3 is 2.82 bits per heavy atom. The minimum atomic E-state index is -1.09. The molecule has 0 aliphatic heterocycles. The van der Waals surface area contributed by atoms with Gasteiger partial charge in [-0.1, -0.05) is 0 Å². The van der Waals surface area contributed by atoms with Gasteiger partial charge in [-0.25, -0.2) is 14.8 Å². The van der Waals surface area contributed by atoms with Crippen LogP contribution in [0.2, 0.25) is 0 Å². The van der Waals surface area contributed by atoms with E-state index in [0.717, 1.165) is 5.76 Å². The lowest BCUT2D eigenvalue weighted by Gasteiger charge is -2.15. The zero-order chi connectivity index (χ0) is 12.3. The van der Waals surface area contributed by atoms with Gasteiger partial charge in [-0.3, -0.25) is 0 Å². The predicted octanol–water partition coefficient (Wildman–Crippen LogP) is 1.40. The molecule has 0 aliphatic carbocycles. The lowest BCUT2D eigenvalue weighted by molar-refractivity contribution is 0.0690. The maximum Gasteiger partial charge on any atom is 0.356 e. The van der Waals surface area contributed by atoms with E-state index in [9.17, 15) is 4.79 Å². The van der Waals surface area contributed by atoms with Gasteiger partial charge in [-0.05, 0) is 12.1 Å². The van der Waals surface area contributed by atoms with Crippen molar-refractivity contribution in [1.29, 1.82) is 0 Å². The minimum absolute atomic E-state index is 0.0693. The standard InChI is InChI=1S/C11H11N3O3/c1-14(7-8-3-2-4-17-8)10-6-12-9(5-13-10)11(15)16/h2-6H,7H2,1H3,(H,15,16). The van der Waals surface area contributed by atoms with Crippen molar-refractivity contribution in [3.63, 3.8) is 0 Å². The van der Waals surface area contributed by atoms with Crippen molar-refractivity contribution in [3.8, 4) is 0 Å². The van der Waals surface area contributed by atoms with Crippen molar-refractivity contribution in [2.24, 2.45) is 0 Å². The first-order valence-corrected chi connectivity index (χ1v) is 4.95. The number of aromatic carboxylic acids is 1. The van der Waals surface area contributed by atoms with Crippen LogP contribution >= 0.6 is 0 Å². The molecule has 2 aromatic rings. The van der Waals surface area contributed by atoms with Gasteiger partial charge >= 0.3 is 5.97 Å². The number of carboxylic acid groups (broad SMARTS) is 1. The van der Waals surface area contributed by atoms with Crippen LogP contribution in [0, 0.1) is 0 Å². The number of hydrogen-bond donors (Lipinski definition) is 1. The second-order valence-electron chi connectivity index (χ2n) is 3.50. The monoisotopic (exact) mass is 233 g/mol. The molecule has 0 atom stereocenters. The highest BCUT2D eigenvalue weighted by molar-refractivity contribution is 5.84. The van der Waals surface area contributed by atoms with Gasteiger partial charge in [-0.15, -0.1) is 0 Å². The molecular weight excluding hydrogens is 222 g/mol.